The second-order valence-electron chi connectivity index (χ2n) is 4.91. The Morgan fingerprint density at radius 2 is 2.11 bits per heavy atom. The highest BCUT2D eigenvalue weighted by molar-refractivity contribution is 5.97. The molecule has 4 heteroatoms. The Kier molecular flexibility index (Phi) is 4.30. The molecule has 0 radical (unpaired) electrons. The second-order valence-corrected chi connectivity index (χ2v) is 4.91. The van der Waals surface area contributed by atoms with Crippen molar-refractivity contribution in [3.63, 3.8) is 0 Å². The Bertz CT molecular complexity index is 453. The van der Waals surface area contributed by atoms with Gasteiger partial charge in [0.2, 0.25) is 0 Å². The molecule has 0 bridgehead atoms. The molecule has 0 aromatic heterocycles. The highest BCUT2D eigenvalue weighted by Gasteiger charge is 2.27. The first-order valence-corrected chi connectivity index (χ1v) is 6.85. The van der Waals surface area contributed by atoms with E-state index in [0.29, 0.717) is 23.9 Å². The van der Waals surface area contributed by atoms with Crippen LogP contribution in [0.5, 0.6) is 11.5 Å². The number of methoxy groups -OCH3 is 1. The van der Waals surface area contributed by atoms with E-state index < -0.39 is 0 Å². The van der Waals surface area contributed by atoms with Gasteiger partial charge in [-0.15, -0.1) is 0 Å². The fourth-order valence-electron chi connectivity index (χ4n) is 2.76. The summed E-state index contributed by atoms with van der Waals surface area (Å²) in [4.78, 5) is 14.4. The van der Waals surface area contributed by atoms with E-state index in [1.807, 2.05) is 11.8 Å². The van der Waals surface area contributed by atoms with Gasteiger partial charge in [0.25, 0.3) is 5.91 Å². The van der Waals surface area contributed by atoms with E-state index >= 15 is 0 Å². The second kappa shape index (κ2) is 5.95. The normalized spacial score (nSPS) is 15.5. The third-order valence-corrected chi connectivity index (χ3v) is 3.80. The summed E-state index contributed by atoms with van der Waals surface area (Å²) >= 11 is 0. The fraction of sp³-hybridized carbons (Fsp3) is 0.533. The Balaban J connectivity index is 2.21. The molecule has 0 spiro atoms. The minimum absolute atomic E-state index is 0.0132. The molecule has 0 aliphatic heterocycles. The molecular formula is C15H21NO3. The van der Waals surface area contributed by atoms with Crippen molar-refractivity contribution >= 4 is 5.91 Å². The maximum atomic E-state index is 12.5. The summed E-state index contributed by atoms with van der Waals surface area (Å²) in [7, 11) is 1.53. The minimum Gasteiger partial charge on any atom is -0.507 e. The molecule has 1 aliphatic carbocycles. The van der Waals surface area contributed by atoms with E-state index in [9.17, 15) is 9.90 Å². The molecule has 0 atom stereocenters. The van der Waals surface area contributed by atoms with Gasteiger partial charge in [0.15, 0.2) is 0 Å². The number of nitrogens with zero attached hydrogens (tertiary/aromatic N) is 1. The van der Waals surface area contributed by atoms with Gasteiger partial charge in [-0.25, -0.2) is 0 Å². The Morgan fingerprint density at radius 1 is 1.42 bits per heavy atom. The first-order valence-electron chi connectivity index (χ1n) is 6.85. The number of rotatable bonds is 4. The summed E-state index contributed by atoms with van der Waals surface area (Å²) in [5.74, 6) is 0.452. The average molecular weight is 263 g/mol. The Hall–Kier alpha value is -1.71. The molecule has 1 fully saturated rings. The monoisotopic (exact) mass is 263 g/mol. The number of ether oxygens (including phenoxy) is 1. The number of phenolic OH excluding ortho intramolecular Hbond substituents is 1. The van der Waals surface area contributed by atoms with Crippen molar-refractivity contribution in [2.45, 2.75) is 38.6 Å². The van der Waals surface area contributed by atoms with E-state index in [2.05, 4.69) is 0 Å². The average Bonchev–Trinajstić information content (AvgIpc) is 2.93. The smallest absolute Gasteiger partial charge is 0.257 e. The summed E-state index contributed by atoms with van der Waals surface area (Å²) < 4.78 is 5.03. The van der Waals surface area contributed by atoms with Gasteiger partial charge in [-0.1, -0.05) is 12.8 Å². The summed E-state index contributed by atoms with van der Waals surface area (Å²) in [6, 6.07) is 5.14. The number of carbonyl (C=O) groups is 1. The lowest BCUT2D eigenvalue weighted by molar-refractivity contribution is 0.0690. The van der Waals surface area contributed by atoms with Crippen molar-refractivity contribution in [3.05, 3.63) is 23.8 Å². The van der Waals surface area contributed by atoms with E-state index in [1.165, 1.54) is 26.0 Å². The van der Waals surface area contributed by atoms with Gasteiger partial charge in [-0.2, -0.15) is 0 Å². The molecule has 0 heterocycles. The molecule has 1 amide bonds. The first-order chi connectivity index (χ1) is 9.17. The van der Waals surface area contributed by atoms with E-state index in [0.717, 1.165) is 12.8 Å². The van der Waals surface area contributed by atoms with Gasteiger partial charge in [-0.05, 0) is 31.9 Å². The van der Waals surface area contributed by atoms with Gasteiger partial charge in [0.05, 0.1) is 12.7 Å². The Labute approximate surface area is 114 Å². The van der Waals surface area contributed by atoms with Crippen LogP contribution in [0.15, 0.2) is 18.2 Å². The summed E-state index contributed by atoms with van der Waals surface area (Å²) in [6.45, 7) is 2.66. The van der Waals surface area contributed by atoms with Crippen molar-refractivity contribution < 1.29 is 14.6 Å². The zero-order chi connectivity index (χ0) is 13.8. The van der Waals surface area contributed by atoms with E-state index in [-0.39, 0.29) is 11.7 Å². The van der Waals surface area contributed by atoms with Gasteiger partial charge >= 0.3 is 0 Å². The Morgan fingerprint density at radius 3 is 2.63 bits per heavy atom. The number of phenols is 1. The zero-order valence-corrected chi connectivity index (χ0v) is 11.6. The zero-order valence-electron chi connectivity index (χ0n) is 11.6. The maximum absolute atomic E-state index is 12.5. The lowest BCUT2D eigenvalue weighted by atomic mass is 10.1. The number of hydrogen-bond acceptors (Lipinski definition) is 3. The molecule has 19 heavy (non-hydrogen) atoms. The van der Waals surface area contributed by atoms with Crippen LogP contribution in [0.4, 0.5) is 0 Å². The quantitative estimate of drug-likeness (QED) is 0.908. The van der Waals surface area contributed by atoms with Crippen LogP contribution in [-0.2, 0) is 0 Å². The van der Waals surface area contributed by atoms with Crippen LogP contribution >= 0.6 is 0 Å². The highest BCUT2D eigenvalue weighted by Crippen LogP contribution is 2.28. The standard InChI is InChI=1S/C15H21NO3/c1-3-16(11-6-4-5-7-11)15(18)13-9-8-12(19-2)10-14(13)17/h8-11,17H,3-7H2,1-2H3. The lowest BCUT2D eigenvalue weighted by Crippen LogP contribution is -2.38. The molecule has 1 aliphatic rings. The molecule has 1 aromatic rings. The van der Waals surface area contributed by atoms with Gasteiger partial charge in [0, 0.05) is 18.7 Å². The lowest BCUT2D eigenvalue weighted by Gasteiger charge is -2.28. The predicted octanol–water partition coefficient (Wildman–Crippen LogP) is 2.81. The van der Waals surface area contributed by atoms with Crippen LogP contribution in [0.1, 0.15) is 43.0 Å². The van der Waals surface area contributed by atoms with Crippen molar-refractivity contribution in [1.29, 1.82) is 0 Å². The number of benzene rings is 1. The van der Waals surface area contributed by atoms with Gasteiger partial charge in [-0.3, -0.25) is 4.79 Å². The largest absolute Gasteiger partial charge is 0.507 e. The fourth-order valence-corrected chi connectivity index (χ4v) is 2.76. The highest BCUT2D eigenvalue weighted by atomic mass is 16.5. The van der Waals surface area contributed by atoms with Crippen LogP contribution in [0, 0.1) is 0 Å². The number of amides is 1. The van der Waals surface area contributed by atoms with Crippen LogP contribution in [0.25, 0.3) is 0 Å². The van der Waals surface area contributed by atoms with Crippen LogP contribution in [0.2, 0.25) is 0 Å². The van der Waals surface area contributed by atoms with Crippen LogP contribution in [-0.4, -0.2) is 35.6 Å². The minimum atomic E-state index is -0.0884. The predicted molar refractivity (Wildman–Crippen MR) is 73.6 cm³/mol. The topological polar surface area (TPSA) is 49.8 Å². The number of hydrogen-bond donors (Lipinski definition) is 1. The number of aromatic hydroxyl groups is 1. The molecular weight excluding hydrogens is 242 g/mol. The summed E-state index contributed by atoms with van der Waals surface area (Å²) in [5.41, 5.74) is 0.356. The van der Waals surface area contributed by atoms with E-state index in [1.54, 1.807) is 12.1 Å². The van der Waals surface area contributed by atoms with Gasteiger partial charge < -0.3 is 14.7 Å². The molecule has 1 N–H and O–H groups in total. The SMILES string of the molecule is CCN(C(=O)c1ccc(OC)cc1O)C1CCCC1. The molecule has 0 saturated heterocycles. The third-order valence-electron chi connectivity index (χ3n) is 3.80. The van der Waals surface area contributed by atoms with Crippen LogP contribution in [0.3, 0.4) is 0 Å². The van der Waals surface area contributed by atoms with Crippen LogP contribution < -0.4 is 4.74 Å². The molecule has 104 valence electrons. The van der Waals surface area contributed by atoms with Crippen molar-refractivity contribution in [2.24, 2.45) is 0 Å². The summed E-state index contributed by atoms with van der Waals surface area (Å²) in [6.07, 6.45) is 4.50. The van der Waals surface area contributed by atoms with E-state index in [4.69, 9.17) is 4.74 Å². The first kappa shape index (κ1) is 13.7. The molecule has 1 aromatic carbocycles. The number of carbonyl (C=O) groups excluding carboxylic acids is 1. The summed E-state index contributed by atoms with van der Waals surface area (Å²) in [5, 5.41) is 9.95. The molecule has 4 nitrogen and oxygen atoms in total. The molecule has 0 unspecified atom stereocenters. The molecule has 1 saturated carbocycles. The maximum Gasteiger partial charge on any atom is 0.257 e. The van der Waals surface area contributed by atoms with Crippen molar-refractivity contribution in [3.8, 4) is 11.5 Å². The van der Waals surface area contributed by atoms with Gasteiger partial charge in [0.1, 0.15) is 11.5 Å². The van der Waals surface area contributed by atoms with Crippen molar-refractivity contribution in [1.82, 2.24) is 4.90 Å². The molecule has 2 rings (SSSR count). The van der Waals surface area contributed by atoms with Crippen molar-refractivity contribution in [2.75, 3.05) is 13.7 Å². The third kappa shape index (κ3) is 2.83.